The quantitative estimate of drug-likeness (QED) is 0.595. The molecule has 1 heterocycles. The van der Waals surface area contributed by atoms with Crippen LogP contribution in [0.25, 0.3) is 0 Å². The molecule has 128 valence electrons. The Morgan fingerprint density at radius 1 is 1.39 bits per heavy atom. The predicted molar refractivity (Wildman–Crippen MR) is 75.2 cm³/mol. The first kappa shape index (κ1) is 19.2. The van der Waals surface area contributed by atoms with E-state index in [1.54, 1.807) is 0 Å². The molecule has 1 aromatic rings. The number of hydrogen-bond donors (Lipinski definition) is 0. The van der Waals surface area contributed by atoms with Crippen LogP contribution >= 0.6 is 11.6 Å². The fourth-order valence-corrected chi connectivity index (χ4v) is 3.29. The summed E-state index contributed by atoms with van der Waals surface area (Å²) < 4.78 is 66.9. The Bertz CT molecular complexity index is 745. The number of sulfone groups is 1. The standard InChI is InChI=1S/C12H12ClF3N2O4S/c1-18(2)6-9(11(19)22-3)23(20,21)10-8(13)4-7(5-17-10)12(14,15)16/h4-6H,1-3H3. The van der Waals surface area contributed by atoms with Gasteiger partial charge >= 0.3 is 12.1 Å². The Morgan fingerprint density at radius 2 is 1.96 bits per heavy atom. The van der Waals surface area contributed by atoms with E-state index >= 15 is 0 Å². The lowest BCUT2D eigenvalue weighted by atomic mass is 10.3. The maximum atomic E-state index is 12.6. The van der Waals surface area contributed by atoms with Crippen LogP contribution in [0.2, 0.25) is 5.02 Å². The van der Waals surface area contributed by atoms with Crippen molar-refractivity contribution in [2.75, 3.05) is 21.2 Å². The first-order valence-electron chi connectivity index (χ1n) is 5.85. The lowest BCUT2D eigenvalue weighted by Gasteiger charge is -2.13. The molecule has 0 atom stereocenters. The number of nitrogens with zero attached hydrogens (tertiary/aromatic N) is 2. The third-order valence-corrected chi connectivity index (χ3v) is 4.53. The van der Waals surface area contributed by atoms with E-state index in [1.807, 2.05) is 0 Å². The number of carbonyl (C=O) groups is 1. The molecule has 1 rings (SSSR count). The highest BCUT2D eigenvalue weighted by atomic mass is 35.5. The highest BCUT2D eigenvalue weighted by Crippen LogP contribution is 2.33. The van der Waals surface area contributed by atoms with Crippen LogP contribution in [0.4, 0.5) is 13.2 Å². The van der Waals surface area contributed by atoms with Crippen LogP contribution in [0.15, 0.2) is 28.4 Å². The molecular weight excluding hydrogens is 361 g/mol. The van der Waals surface area contributed by atoms with E-state index in [4.69, 9.17) is 11.6 Å². The summed E-state index contributed by atoms with van der Waals surface area (Å²) in [5, 5.41) is -1.63. The minimum absolute atomic E-state index is 0.323. The molecule has 23 heavy (non-hydrogen) atoms. The second-order valence-electron chi connectivity index (χ2n) is 4.46. The van der Waals surface area contributed by atoms with Crippen molar-refractivity contribution in [1.29, 1.82) is 0 Å². The third kappa shape index (κ3) is 4.35. The normalized spacial score (nSPS) is 12.9. The van der Waals surface area contributed by atoms with Gasteiger partial charge in [0, 0.05) is 26.5 Å². The van der Waals surface area contributed by atoms with E-state index in [1.165, 1.54) is 19.0 Å². The summed E-state index contributed by atoms with van der Waals surface area (Å²) in [5.41, 5.74) is -1.21. The van der Waals surface area contributed by atoms with Crippen molar-refractivity contribution in [1.82, 2.24) is 9.88 Å². The minimum atomic E-state index is -4.73. The summed E-state index contributed by atoms with van der Waals surface area (Å²) in [7, 11) is -0.715. The van der Waals surface area contributed by atoms with Gasteiger partial charge in [-0.05, 0) is 6.07 Å². The van der Waals surface area contributed by atoms with Crippen molar-refractivity contribution < 1.29 is 31.1 Å². The second-order valence-corrected chi connectivity index (χ2v) is 6.70. The Kier molecular flexibility index (Phi) is 5.65. The van der Waals surface area contributed by atoms with Crippen LogP contribution in [0, 0.1) is 0 Å². The maximum Gasteiger partial charge on any atom is 0.417 e. The first-order valence-corrected chi connectivity index (χ1v) is 7.71. The number of hydrogen-bond acceptors (Lipinski definition) is 6. The predicted octanol–water partition coefficient (Wildman–Crippen LogP) is 2.10. The topological polar surface area (TPSA) is 76.6 Å². The lowest BCUT2D eigenvalue weighted by Crippen LogP contribution is -2.20. The van der Waals surface area contributed by atoms with E-state index in [0.717, 1.165) is 13.3 Å². The third-order valence-electron chi connectivity index (χ3n) is 2.44. The van der Waals surface area contributed by atoms with E-state index < -0.39 is 42.5 Å². The van der Waals surface area contributed by atoms with Crippen molar-refractivity contribution >= 4 is 27.4 Å². The van der Waals surface area contributed by atoms with Gasteiger partial charge in [-0.1, -0.05) is 11.6 Å². The monoisotopic (exact) mass is 372 g/mol. The number of ether oxygens (including phenoxy) is 1. The Labute approximate surface area is 135 Å². The number of alkyl halides is 3. The average Bonchev–Trinajstić information content (AvgIpc) is 2.42. The van der Waals surface area contributed by atoms with Crippen molar-refractivity contribution in [2.24, 2.45) is 0 Å². The number of esters is 1. The number of pyridine rings is 1. The Hall–Kier alpha value is -1.81. The van der Waals surface area contributed by atoms with Crippen LogP contribution in [0.5, 0.6) is 0 Å². The maximum absolute atomic E-state index is 12.6. The molecule has 0 aliphatic carbocycles. The van der Waals surface area contributed by atoms with E-state index in [2.05, 4.69) is 9.72 Å². The van der Waals surface area contributed by atoms with Crippen LogP contribution in [0.3, 0.4) is 0 Å². The molecule has 0 aromatic carbocycles. The lowest BCUT2D eigenvalue weighted by molar-refractivity contribution is -0.138. The molecule has 0 bridgehead atoms. The summed E-state index contributed by atoms with van der Waals surface area (Å²) in [5.74, 6) is -1.20. The van der Waals surface area contributed by atoms with Gasteiger partial charge in [0.2, 0.25) is 9.84 Å². The summed E-state index contributed by atoms with van der Waals surface area (Å²) >= 11 is 5.61. The van der Waals surface area contributed by atoms with Gasteiger partial charge in [-0.2, -0.15) is 13.2 Å². The number of aromatic nitrogens is 1. The number of carbonyl (C=O) groups excluding carboxylic acids is 1. The van der Waals surface area contributed by atoms with E-state index in [9.17, 15) is 26.4 Å². The van der Waals surface area contributed by atoms with Crippen LogP contribution in [-0.4, -0.2) is 45.5 Å². The molecule has 0 unspecified atom stereocenters. The zero-order valence-corrected chi connectivity index (χ0v) is 13.8. The van der Waals surface area contributed by atoms with E-state index in [0.29, 0.717) is 12.3 Å². The van der Waals surface area contributed by atoms with Crippen molar-refractivity contribution in [2.45, 2.75) is 11.2 Å². The highest BCUT2D eigenvalue weighted by Gasteiger charge is 2.35. The molecule has 11 heteroatoms. The SMILES string of the molecule is COC(=O)C(=CN(C)C)S(=O)(=O)c1ncc(C(F)(F)F)cc1Cl. The van der Waals surface area contributed by atoms with Crippen molar-refractivity contribution in [3.8, 4) is 0 Å². The van der Waals surface area contributed by atoms with Gasteiger partial charge in [0.25, 0.3) is 0 Å². The zero-order valence-electron chi connectivity index (χ0n) is 12.2. The second kappa shape index (κ2) is 6.75. The molecule has 0 amide bonds. The van der Waals surface area contributed by atoms with Crippen LogP contribution < -0.4 is 0 Å². The molecule has 0 fully saturated rings. The molecule has 0 saturated carbocycles. The zero-order chi connectivity index (χ0) is 18.0. The molecule has 6 nitrogen and oxygen atoms in total. The van der Waals surface area contributed by atoms with Gasteiger partial charge < -0.3 is 9.64 Å². The summed E-state index contributed by atoms with van der Waals surface area (Å²) in [6.45, 7) is 0. The van der Waals surface area contributed by atoms with Gasteiger partial charge in [-0.15, -0.1) is 0 Å². The fraction of sp³-hybridized carbons (Fsp3) is 0.333. The van der Waals surface area contributed by atoms with Crippen molar-refractivity contribution in [3.05, 3.63) is 34.0 Å². The molecule has 0 aliphatic rings. The van der Waals surface area contributed by atoms with Crippen LogP contribution in [-0.2, 0) is 25.5 Å². The minimum Gasteiger partial charge on any atom is -0.465 e. The summed E-state index contributed by atoms with van der Waals surface area (Å²) in [4.78, 5) is 15.4. The highest BCUT2D eigenvalue weighted by molar-refractivity contribution is 7.96. The van der Waals surface area contributed by atoms with Gasteiger partial charge in [0.15, 0.2) is 9.93 Å². The average molecular weight is 373 g/mol. The molecular formula is C12H12ClF3N2O4S. The number of rotatable bonds is 4. The number of methoxy groups -OCH3 is 1. The molecule has 0 radical (unpaired) electrons. The van der Waals surface area contributed by atoms with Gasteiger partial charge in [-0.3, -0.25) is 0 Å². The summed E-state index contributed by atoms with van der Waals surface area (Å²) in [6.07, 6.45) is -3.47. The molecule has 0 spiro atoms. The molecule has 0 N–H and O–H groups in total. The van der Waals surface area contributed by atoms with Gasteiger partial charge in [0.05, 0.1) is 17.7 Å². The first-order chi connectivity index (χ1) is 10.4. The fourth-order valence-electron chi connectivity index (χ4n) is 1.45. The van der Waals surface area contributed by atoms with Crippen molar-refractivity contribution in [3.63, 3.8) is 0 Å². The Balaban J connectivity index is 3.51. The summed E-state index contributed by atoms with van der Waals surface area (Å²) in [6, 6.07) is 0.423. The van der Waals surface area contributed by atoms with Gasteiger partial charge in [0.1, 0.15) is 0 Å². The number of halogens is 4. The molecule has 1 aromatic heterocycles. The molecule has 0 aliphatic heterocycles. The smallest absolute Gasteiger partial charge is 0.417 e. The van der Waals surface area contributed by atoms with E-state index in [-0.39, 0.29) is 0 Å². The van der Waals surface area contributed by atoms with Crippen LogP contribution in [0.1, 0.15) is 5.56 Å². The Morgan fingerprint density at radius 3 is 2.35 bits per heavy atom. The van der Waals surface area contributed by atoms with Gasteiger partial charge in [-0.25, -0.2) is 18.2 Å². The largest absolute Gasteiger partial charge is 0.465 e. The molecule has 0 saturated heterocycles.